The van der Waals surface area contributed by atoms with Crippen molar-refractivity contribution in [2.24, 2.45) is 0 Å². The number of hydrogen-bond acceptors (Lipinski definition) is 5. The van der Waals surface area contributed by atoms with Crippen LogP contribution in [0.1, 0.15) is 12.5 Å². The fourth-order valence-electron chi connectivity index (χ4n) is 1.86. The number of ether oxygens (including phenoxy) is 1. The standard InChI is InChI=1S/C16H21N3O5/c1-11(20)17-9-14(21)19-13(8-12-6-4-3-5-7-12)16(23)18-10-15(22)24-2/h3-7,13H,8-10H2,1-2H3,(H,17,20)(H,18,23)(H,19,21)/t13-/m0/s1. The van der Waals surface area contributed by atoms with E-state index in [2.05, 4.69) is 20.7 Å². The molecular formula is C16H21N3O5. The van der Waals surface area contributed by atoms with E-state index >= 15 is 0 Å². The van der Waals surface area contributed by atoms with Gasteiger partial charge < -0.3 is 20.7 Å². The highest BCUT2D eigenvalue weighted by atomic mass is 16.5. The minimum absolute atomic E-state index is 0.231. The van der Waals surface area contributed by atoms with Crippen molar-refractivity contribution in [3.8, 4) is 0 Å². The summed E-state index contributed by atoms with van der Waals surface area (Å²) in [5.74, 6) is -1.95. The van der Waals surface area contributed by atoms with Crippen LogP contribution in [0.4, 0.5) is 0 Å². The minimum atomic E-state index is -0.877. The summed E-state index contributed by atoms with van der Waals surface area (Å²) in [4.78, 5) is 46.0. The maximum Gasteiger partial charge on any atom is 0.325 e. The lowest BCUT2D eigenvalue weighted by Crippen LogP contribution is -2.51. The van der Waals surface area contributed by atoms with Crippen LogP contribution in [0.2, 0.25) is 0 Å². The van der Waals surface area contributed by atoms with Gasteiger partial charge in [0.05, 0.1) is 13.7 Å². The fourth-order valence-corrected chi connectivity index (χ4v) is 1.86. The van der Waals surface area contributed by atoms with Gasteiger partial charge in [0.2, 0.25) is 17.7 Å². The molecule has 130 valence electrons. The third-order valence-corrected chi connectivity index (χ3v) is 3.07. The lowest BCUT2D eigenvalue weighted by Gasteiger charge is -2.18. The number of esters is 1. The van der Waals surface area contributed by atoms with E-state index < -0.39 is 23.8 Å². The van der Waals surface area contributed by atoms with Gasteiger partial charge in [0, 0.05) is 13.3 Å². The van der Waals surface area contributed by atoms with Crippen molar-refractivity contribution in [3.05, 3.63) is 35.9 Å². The van der Waals surface area contributed by atoms with E-state index in [-0.39, 0.29) is 25.4 Å². The van der Waals surface area contributed by atoms with E-state index in [0.29, 0.717) is 0 Å². The number of rotatable bonds is 8. The van der Waals surface area contributed by atoms with Crippen molar-refractivity contribution in [1.29, 1.82) is 0 Å². The Kier molecular flexibility index (Phi) is 7.97. The highest BCUT2D eigenvalue weighted by Crippen LogP contribution is 2.03. The van der Waals surface area contributed by atoms with Crippen LogP contribution in [0.5, 0.6) is 0 Å². The van der Waals surface area contributed by atoms with Gasteiger partial charge in [-0.05, 0) is 5.56 Å². The van der Waals surface area contributed by atoms with Crippen LogP contribution >= 0.6 is 0 Å². The molecule has 0 heterocycles. The van der Waals surface area contributed by atoms with Crippen molar-refractivity contribution in [1.82, 2.24) is 16.0 Å². The van der Waals surface area contributed by atoms with E-state index in [1.54, 1.807) is 0 Å². The topological polar surface area (TPSA) is 114 Å². The molecule has 8 heteroatoms. The SMILES string of the molecule is COC(=O)CNC(=O)[C@H](Cc1ccccc1)NC(=O)CNC(C)=O. The molecule has 1 aromatic carbocycles. The maximum absolute atomic E-state index is 12.2. The minimum Gasteiger partial charge on any atom is -0.468 e. The van der Waals surface area contributed by atoms with Crippen molar-refractivity contribution in [2.75, 3.05) is 20.2 Å². The zero-order valence-electron chi connectivity index (χ0n) is 13.6. The predicted octanol–water partition coefficient (Wildman–Crippen LogP) is -0.861. The summed E-state index contributed by atoms with van der Waals surface area (Å²) in [7, 11) is 1.21. The van der Waals surface area contributed by atoms with Crippen LogP contribution < -0.4 is 16.0 Å². The summed E-state index contributed by atoms with van der Waals surface area (Å²) in [5.41, 5.74) is 0.843. The summed E-state index contributed by atoms with van der Waals surface area (Å²) in [6.07, 6.45) is 0.250. The molecule has 0 fully saturated rings. The molecule has 0 saturated carbocycles. The van der Waals surface area contributed by atoms with Crippen LogP contribution in [0.25, 0.3) is 0 Å². The Balaban J connectivity index is 2.70. The Hall–Kier alpha value is -2.90. The number of carbonyl (C=O) groups excluding carboxylic acids is 4. The molecular weight excluding hydrogens is 314 g/mol. The molecule has 8 nitrogen and oxygen atoms in total. The van der Waals surface area contributed by atoms with Gasteiger partial charge in [-0.2, -0.15) is 0 Å². The van der Waals surface area contributed by atoms with Gasteiger partial charge in [0.15, 0.2) is 0 Å². The average molecular weight is 335 g/mol. The van der Waals surface area contributed by atoms with Crippen LogP contribution in [0.15, 0.2) is 30.3 Å². The molecule has 1 rings (SSSR count). The van der Waals surface area contributed by atoms with Crippen molar-refractivity contribution >= 4 is 23.7 Å². The summed E-state index contributed by atoms with van der Waals surface area (Å²) in [5, 5.41) is 7.31. The Morgan fingerprint density at radius 1 is 1.04 bits per heavy atom. The molecule has 3 amide bonds. The first-order chi connectivity index (χ1) is 11.4. The number of benzene rings is 1. The average Bonchev–Trinajstić information content (AvgIpc) is 2.57. The molecule has 1 aromatic rings. The molecule has 0 saturated heterocycles. The zero-order valence-corrected chi connectivity index (χ0v) is 13.6. The van der Waals surface area contributed by atoms with Crippen LogP contribution in [-0.4, -0.2) is 49.9 Å². The fraction of sp³-hybridized carbons (Fsp3) is 0.375. The quantitative estimate of drug-likeness (QED) is 0.535. The highest BCUT2D eigenvalue weighted by Gasteiger charge is 2.21. The molecule has 0 spiro atoms. The lowest BCUT2D eigenvalue weighted by atomic mass is 10.1. The molecule has 24 heavy (non-hydrogen) atoms. The number of carbonyl (C=O) groups is 4. The van der Waals surface area contributed by atoms with Crippen molar-refractivity contribution < 1.29 is 23.9 Å². The number of nitrogens with one attached hydrogen (secondary N) is 3. The second kappa shape index (κ2) is 9.98. The molecule has 0 aliphatic heterocycles. The smallest absolute Gasteiger partial charge is 0.325 e. The van der Waals surface area contributed by atoms with Gasteiger partial charge in [0.25, 0.3) is 0 Å². The first-order valence-corrected chi connectivity index (χ1v) is 7.34. The van der Waals surface area contributed by atoms with Gasteiger partial charge in [-0.1, -0.05) is 30.3 Å². The second-order valence-corrected chi connectivity index (χ2v) is 5.01. The monoisotopic (exact) mass is 335 g/mol. The Labute approximate surface area is 139 Å². The molecule has 0 aliphatic carbocycles. The number of amides is 3. The molecule has 3 N–H and O–H groups in total. The summed E-state index contributed by atoms with van der Waals surface area (Å²) in [6, 6.07) is 8.24. The number of hydrogen-bond donors (Lipinski definition) is 3. The van der Waals surface area contributed by atoms with Crippen LogP contribution in [0, 0.1) is 0 Å². The van der Waals surface area contributed by atoms with E-state index in [9.17, 15) is 19.2 Å². The molecule has 0 radical (unpaired) electrons. The molecule has 0 unspecified atom stereocenters. The van der Waals surface area contributed by atoms with E-state index in [4.69, 9.17) is 0 Å². The van der Waals surface area contributed by atoms with E-state index in [0.717, 1.165) is 5.56 Å². The number of methoxy groups -OCH3 is 1. The first-order valence-electron chi connectivity index (χ1n) is 7.34. The molecule has 0 bridgehead atoms. The Morgan fingerprint density at radius 3 is 2.29 bits per heavy atom. The predicted molar refractivity (Wildman–Crippen MR) is 85.8 cm³/mol. The first kappa shape index (κ1) is 19.1. The maximum atomic E-state index is 12.2. The van der Waals surface area contributed by atoms with Crippen molar-refractivity contribution in [2.45, 2.75) is 19.4 Å². The van der Waals surface area contributed by atoms with Crippen LogP contribution in [-0.2, 0) is 30.3 Å². The highest BCUT2D eigenvalue weighted by molar-refractivity contribution is 5.91. The van der Waals surface area contributed by atoms with Gasteiger partial charge >= 0.3 is 5.97 Å². The van der Waals surface area contributed by atoms with Crippen LogP contribution in [0.3, 0.4) is 0 Å². The van der Waals surface area contributed by atoms with Gasteiger partial charge in [-0.3, -0.25) is 19.2 Å². The van der Waals surface area contributed by atoms with E-state index in [1.165, 1.54) is 14.0 Å². The third kappa shape index (κ3) is 7.39. The van der Waals surface area contributed by atoms with Gasteiger partial charge in [-0.25, -0.2) is 0 Å². The Bertz CT molecular complexity index is 589. The second-order valence-electron chi connectivity index (χ2n) is 5.01. The Morgan fingerprint density at radius 2 is 1.71 bits per heavy atom. The molecule has 0 aromatic heterocycles. The summed E-state index contributed by atoms with van der Waals surface area (Å²) < 4.78 is 4.46. The van der Waals surface area contributed by atoms with Gasteiger partial charge in [-0.15, -0.1) is 0 Å². The largest absolute Gasteiger partial charge is 0.468 e. The van der Waals surface area contributed by atoms with Gasteiger partial charge in [0.1, 0.15) is 12.6 Å². The summed E-state index contributed by atoms with van der Waals surface area (Å²) >= 11 is 0. The summed E-state index contributed by atoms with van der Waals surface area (Å²) in [6.45, 7) is 0.769. The van der Waals surface area contributed by atoms with Crippen molar-refractivity contribution in [3.63, 3.8) is 0 Å². The van der Waals surface area contributed by atoms with E-state index in [1.807, 2.05) is 30.3 Å². The molecule has 0 aliphatic rings. The normalized spacial score (nSPS) is 11.1. The molecule has 1 atom stereocenters. The third-order valence-electron chi connectivity index (χ3n) is 3.07. The zero-order chi connectivity index (χ0) is 17.9. The lowest BCUT2D eigenvalue weighted by molar-refractivity contribution is -0.141.